The molecule has 1 fully saturated rings. The lowest BCUT2D eigenvalue weighted by Crippen LogP contribution is -2.32. The van der Waals surface area contributed by atoms with Crippen LogP contribution in [0.25, 0.3) is 17.1 Å². The maximum atomic E-state index is 12.3. The molecule has 8 heteroatoms. The van der Waals surface area contributed by atoms with Gasteiger partial charge in [-0.15, -0.1) is 10.2 Å². The number of carbonyl (C=O) groups excluding carboxylic acids is 1. The summed E-state index contributed by atoms with van der Waals surface area (Å²) in [5.74, 6) is 1.70. The highest BCUT2D eigenvalue weighted by molar-refractivity contribution is 7.99. The Morgan fingerprint density at radius 2 is 2.14 bits per heavy atom. The van der Waals surface area contributed by atoms with E-state index >= 15 is 0 Å². The fraction of sp³-hybridized carbons (Fsp3) is 0.350. The number of aryl methyl sites for hydroxylation is 1. The van der Waals surface area contributed by atoms with Crippen LogP contribution in [-0.4, -0.2) is 45.7 Å². The highest BCUT2D eigenvalue weighted by Gasteiger charge is 2.20. The van der Waals surface area contributed by atoms with Crippen LogP contribution in [0.4, 0.5) is 0 Å². The zero-order valence-corrected chi connectivity index (χ0v) is 16.4. The number of para-hydroxylation sites is 1. The Balaban J connectivity index is 1.51. The number of hydrogen-bond acceptors (Lipinski definition) is 6. The molecule has 0 spiro atoms. The van der Waals surface area contributed by atoms with Crippen LogP contribution < -0.4 is 5.32 Å². The molecule has 3 heterocycles. The molecule has 1 amide bonds. The smallest absolute Gasteiger partial charge is 0.230 e. The van der Waals surface area contributed by atoms with Crippen LogP contribution in [0.2, 0.25) is 0 Å². The van der Waals surface area contributed by atoms with E-state index in [2.05, 4.69) is 15.5 Å². The van der Waals surface area contributed by atoms with Crippen molar-refractivity contribution in [1.82, 2.24) is 20.1 Å². The minimum Gasteiger partial charge on any atom is -0.469 e. The molecule has 1 atom stereocenters. The van der Waals surface area contributed by atoms with Gasteiger partial charge in [0.2, 0.25) is 5.91 Å². The first-order valence-electron chi connectivity index (χ1n) is 9.29. The van der Waals surface area contributed by atoms with Crippen LogP contribution in [0, 0.1) is 6.92 Å². The quantitative estimate of drug-likeness (QED) is 0.616. The van der Waals surface area contributed by atoms with E-state index in [1.165, 1.54) is 11.8 Å². The van der Waals surface area contributed by atoms with Gasteiger partial charge in [0, 0.05) is 18.8 Å². The van der Waals surface area contributed by atoms with Crippen LogP contribution in [0.15, 0.2) is 52.2 Å². The highest BCUT2D eigenvalue weighted by atomic mass is 32.2. The van der Waals surface area contributed by atoms with E-state index in [0.717, 1.165) is 36.5 Å². The average molecular weight is 398 g/mol. The molecule has 0 radical (unpaired) electrons. The van der Waals surface area contributed by atoms with Crippen molar-refractivity contribution in [2.24, 2.45) is 0 Å². The van der Waals surface area contributed by atoms with Crippen molar-refractivity contribution >= 4 is 17.7 Å². The van der Waals surface area contributed by atoms with Crippen molar-refractivity contribution in [2.75, 3.05) is 18.9 Å². The van der Waals surface area contributed by atoms with Gasteiger partial charge in [-0.05, 0) is 38.0 Å². The third kappa shape index (κ3) is 4.13. The lowest BCUT2D eigenvalue weighted by atomic mass is 10.2. The Bertz CT molecular complexity index is 932. The van der Waals surface area contributed by atoms with E-state index in [1.54, 1.807) is 6.26 Å². The van der Waals surface area contributed by atoms with Crippen molar-refractivity contribution in [3.8, 4) is 17.1 Å². The number of aromatic nitrogens is 3. The number of nitrogens with one attached hydrogen (secondary N) is 1. The predicted octanol–water partition coefficient (Wildman–Crippen LogP) is 3.22. The Labute approximate surface area is 167 Å². The Morgan fingerprint density at radius 1 is 1.29 bits per heavy atom. The van der Waals surface area contributed by atoms with Crippen LogP contribution in [-0.2, 0) is 9.53 Å². The molecule has 0 saturated carbocycles. The number of furan rings is 1. The summed E-state index contributed by atoms with van der Waals surface area (Å²) in [6.07, 6.45) is 3.84. The van der Waals surface area contributed by atoms with Crippen LogP contribution in [0.5, 0.6) is 0 Å². The number of rotatable bonds is 7. The van der Waals surface area contributed by atoms with Crippen LogP contribution >= 0.6 is 11.8 Å². The van der Waals surface area contributed by atoms with Gasteiger partial charge < -0.3 is 14.5 Å². The summed E-state index contributed by atoms with van der Waals surface area (Å²) < 4.78 is 12.9. The first kappa shape index (κ1) is 18.8. The second kappa shape index (κ2) is 8.62. The summed E-state index contributed by atoms with van der Waals surface area (Å²) in [6, 6.07) is 11.7. The maximum Gasteiger partial charge on any atom is 0.230 e. The van der Waals surface area contributed by atoms with Crippen molar-refractivity contribution in [3.63, 3.8) is 0 Å². The summed E-state index contributed by atoms with van der Waals surface area (Å²) in [5, 5.41) is 12.3. The molecule has 1 unspecified atom stereocenters. The molecule has 1 aromatic carbocycles. The lowest BCUT2D eigenvalue weighted by Gasteiger charge is -2.11. The largest absolute Gasteiger partial charge is 0.469 e. The SMILES string of the molecule is Cc1occc1-c1nnc(SCC(=O)NCC2CCCO2)n1-c1ccccc1. The number of hydrogen-bond donors (Lipinski definition) is 1. The fourth-order valence-corrected chi connectivity index (χ4v) is 3.96. The minimum absolute atomic E-state index is 0.0378. The van der Waals surface area contributed by atoms with E-state index in [1.807, 2.05) is 47.9 Å². The molecule has 3 aromatic rings. The van der Waals surface area contributed by atoms with Gasteiger partial charge in [-0.25, -0.2) is 0 Å². The zero-order valence-electron chi connectivity index (χ0n) is 15.6. The van der Waals surface area contributed by atoms with Gasteiger partial charge in [0.1, 0.15) is 5.76 Å². The number of thioether (sulfide) groups is 1. The number of carbonyl (C=O) groups is 1. The third-order valence-corrected chi connectivity index (χ3v) is 5.56. The van der Waals surface area contributed by atoms with Gasteiger partial charge in [-0.2, -0.15) is 0 Å². The number of amides is 1. The molecule has 1 aliphatic heterocycles. The molecule has 2 aromatic heterocycles. The van der Waals surface area contributed by atoms with Crippen molar-refractivity contribution in [2.45, 2.75) is 31.0 Å². The molecule has 1 aliphatic rings. The molecule has 0 aliphatic carbocycles. The standard InChI is InChI=1S/C20H22N4O3S/c1-14-17(9-11-26-14)19-22-23-20(24(19)15-6-3-2-4-7-15)28-13-18(25)21-12-16-8-5-10-27-16/h2-4,6-7,9,11,16H,5,8,10,12-13H2,1H3,(H,21,25). The molecule has 1 saturated heterocycles. The summed E-state index contributed by atoms with van der Waals surface area (Å²) in [7, 11) is 0. The third-order valence-electron chi connectivity index (χ3n) is 4.63. The van der Waals surface area contributed by atoms with Gasteiger partial charge in [0.15, 0.2) is 11.0 Å². The number of ether oxygens (including phenoxy) is 1. The molecular formula is C20H22N4O3S. The van der Waals surface area contributed by atoms with Gasteiger partial charge in [-0.1, -0.05) is 30.0 Å². The van der Waals surface area contributed by atoms with Gasteiger partial charge >= 0.3 is 0 Å². The van der Waals surface area contributed by atoms with Gasteiger partial charge in [0.05, 0.1) is 23.7 Å². The monoisotopic (exact) mass is 398 g/mol. The second-order valence-corrected chi connectivity index (χ2v) is 7.54. The second-order valence-electron chi connectivity index (χ2n) is 6.60. The normalized spacial score (nSPS) is 16.4. The van der Waals surface area contributed by atoms with Gasteiger partial charge in [0.25, 0.3) is 0 Å². The molecule has 4 rings (SSSR count). The first-order chi connectivity index (χ1) is 13.7. The first-order valence-corrected chi connectivity index (χ1v) is 10.3. The maximum absolute atomic E-state index is 12.3. The minimum atomic E-state index is -0.0378. The van der Waals surface area contributed by atoms with E-state index in [4.69, 9.17) is 9.15 Å². The Morgan fingerprint density at radius 3 is 2.86 bits per heavy atom. The topological polar surface area (TPSA) is 82.2 Å². The number of nitrogens with zero attached hydrogens (tertiary/aromatic N) is 3. The van der Waals surface area contributed by atoms with Gasteiger partial charge in [-0.3, -0.25) is 9.36 Å². The van der Waals surface area contributed by atoms with E-state index in [9.17, 15) is 4.79 Å². The summed E-state index contributed by atoms with van der Waals surface area (Å²) >= 11 is 1.36. The fourth-order valence-electron chi connectivity index (χ4n) is 3.18. The lowest BCUT2D eigenvalue weighted by molar-refractivity contribution is -0.119. The molecule has 1 N–H and O–H groups in total. The molecule has 0 bridgehead atoms. The Hall–Kier alpha value is -2.58. The molecular weight excluding hydrogens is 376 g/mol. The molecule has 28 heavy (non-hydrogen) atoms. The summed E-state index contributed by atoms with van der Waals surface area (Å²) in [4.78, 5) is 12.3. The summed E-state index contributed by atoms with van der Waals surface area (Å²) in [5.41, 5.74) is 1.82. The van der Waals surface area contributed by atoms with Crippen molar-refractivity contribution < 1.29 is 13.9 Å². The van der Waals surface area contributed by atoms with Crippen LogP contribution in [0.1, 0.15) is 18.6 Å². The summed E-state index contributed by atoms with van der Waals surface area (Å²) in [6.45, 7) is 3.24. The van der Waals surface area contributed by atoms with Crippen LogP contribution in [0.3, 0.4) is 0 Å². The van der Waals surface area contributed by atoms with Crippen molar-refractivity contribution in [1.29, 1.82) is 0 Å². The number of benzene rings is 1. The molecule has 7 nitrogen and oxygen atoms in total. The zero-order chi connectivity index (χ0) is 19.3. The predicted molar refractivity (Wildman–Crippen MR) is 107 cm³/mol. The van der Waals surface area contributed by atoms with E-state index in [0.29, 0.717) is 17.5 Å². The van der Waals surface area contributed by atoms with E-state index in [-0.39, 0.29) is 17.8 Å². The van der Waals surface area contributed by atoms with Crippen molar-refractivity contribution in [3.05, 3.63) is 48.4 Å². The van der Waals surface area contributed by atoms with E-state index < -0.39 is 0 Å². The molecule has 146 valence electrons. The average Bonchev–Trinajstić information content (AvgIpc) is 3.46. The Kier molecular flexibility index (Phi) is 5.78. The highest BCUT2D eigenvalue weighted by Crippen LogP contribution is 2.30.